The molecule has 1 aromatic rings. The van der Waals surface area contributed by atoms with Gasteiger partial charge in [0, 0.05) is 33.1 Å². The Balaban J connectivity index is 1.71. The van der Waals surface area contributed by atoms with Gasteiger partial charge in [0.15, 0.2) is 0 Å². The van der Waals surface area contributed by atoms with Crippen LogP contribution in [-0.2, 0) is 9.59 Å². The van der Waals surface area contributed by atoms with Crippen molar-refractivity contribution in [3.05, 3.63) is 29.8 Å². The maximum absolute atomic E-state index is 12.3. The first kappa shape index (κ1) is 19.2. The molecule has 1 saturated heterocycles. The van der Waals surface area contributed by atoms with E-state index in [1.54, 1.807) is 6.92 Å². The summed E-state index contributed by atoms with van der Waals surface area (Å²) < 4.78 is 5.65. The molecule has 1 aliphatic heterocycles. The van der Waals surface area contributed by atoms with Crippen LogP contribution in [0.4, 0.5) is 0 Å². The topological polar surface area (TPSA) is 61.9 Å². The highest BCUT2D eigenvalue weighted by molar-refractivity contribution is 5.81. The molecule has 25 heavy (non-hydrogen) atoms. The van der Waals surface area contributed by atoms with E-state index in [9.17, 15) is 9.59 Å². The number of rotatable bonds is 6. The number of ether oxygens (including phenoxy) is 1. The summed E-state index contributed by atoms with van der Waals surface area (Å²) in [6, 6.07) is 7.66. The summed E-state index contributed by atoms with van der Waals surface area (Å²) in [5.74, 6) is 0.926. The van der Waals surface area contributed by atoms with Crippen molar-refractivity contribution in [1.82, 2.24) is 15.1 Å². The highest BCUT2D eigenvalue weighted by Crippen LogP contribution is 2.12. The Morgan fingerprint density at radius 2 is 2.04 bits per heavy atom. The molecule has 0 spiro atoms. The standard InChI is InChI=1S/C19H29N3O3/c1-15-6-4-7-18(14-15)25-13-8-20-19(24)16(2)21-9-5-10-22(12-11-21)17(3)23/h4,6-7,14,16H,5,8-13H2,1-3H3,(H,20,24). The van der Waals surface area contributed by atoms with Crippen LogP contribution in [0, 0.1) is 6.92 Å². The average Bonchev–Trinajstić information content (AvgIpc) is 2.84. The average molecular weight is 347 g/mol. The van der Waals surface area contributed by atoms with E-state index < -0.39 is 0 Å². The summed E-state index contributed by atoms with van der Waals surface area (Å²) in [6.07, 6.45) is 0.896. The van der Waals surface area contributed by atoms with E-state index in [1.165, 1.54) is 0 Å². The largest absolute Gasteiger partial charge is 0.492 e. The maximum atomic E-state index is 12.3. The van der Waals surface area contributed by atoms with Crippen molar-refractivity contribution in [2.45, 2.75) is 33.2 Å². The summed E-state index contributed by atoms with van der Waals surface area (Å²) in [5, 5.41) is 2.93. The molecule has 1 aromatic carbocycles. The third kappa shape index (κ3) is 6.05. The minimum Gasteiger partial charge on any atom is -0.492 e. The minimum atomic E-state index is -0.203. The van der Waals surface area contributed by atoms with Crippen LogP contribution in [-0.4, -0.2) is 67.0 Å². The van der Waals surface area contributed by atoms with E-state index in [0.717, 1.165) is 37.4 Å². The number of amides is 2. The summed E-state index contributed by atoms with van der Waals surface area (Å²) in [4.78, 5) is 27.8. The molecular formula is C19H29N3O3. The Morgan fingerprint density at radius 3 is 2.76 bits per heavy atom. The van der Waals surface area contributed by atoms with Gasteiger partial charge in [0.1, 0.15) is 12.4 Å². The number of hydrogen-bond acceptors (Lipinski definition) is 4. The number of nitrogens with zero attached hydrogens (tertiary/aromatic N) is 2. The molecule has 1 atom stereocenters. The Bertz CT molecular complexity index is 591. The Hall–Kier alpha value is -2.08. The molecule has 2 rings (SSSR count). The number of benzene rings is 1. The summed E-state index contributed by atoms with van der Waals surface area (Å²) in [6.45, 7) is 9.47. The highest BCUT2D eigenvalue weighted by Gasteiger charge is 2.24. The summed E-state index contributed by atoms with van der Waals surface area (Å²) >= 11 is 0. The fraction of sp³-hybridized carbons (Fsp3) is 0.579. The molecule has 0 bridgehead atoms. The van der Waals surface area contributed by atoms with Crippen molar-refractivity contribution in [1.29, 1.82) is 0 Å². The number of carbonyl (C=O) groups is 2. The molecular weight excluding hydrogens is 318 g/mol. The number of nitrogens with one attached hydrogen (secondary N) is 1. The molecule has 0 radical (unpaired) electrons. The van der Waals surface area contributed by atoms with Gasteiger partial charge in [0.25, 0.3) is 0 Å². The normalized spacial score (nSPS) is 16.8. The Morgan fingerprint density at radius 1 is 1.24 bits per heavy atom. The lowest BCUT2D eigenvalue weighted by Crippen LogP contribution is -2.47. The number of hydrogen-bond donors (Lipinski definition) is 1. The SMILES string of the molecule is CC(=O)N1CCCN(C(C)C(=O)NCCOc2cccc(C)c2)CC1. The molecule has 1 aliphatic rings. The van der Waals surface area contributed by atoms with Gasteiger partial charge in [-0.1, -0.05) is 12.1 Å². The molecule has 1 unspecified atom stereocenters. The van der Waals surface area contributed by atoms with Gasteiger partial charge < -0.3 is 15.0 Å². The van der Waals surface area contributed by atoms with E-state index in [-0.39, 0.29) is 17.9 Å². The van der Waals surface area contributed by atoms with Crippen LogP contribution < -0.4 is 10.1 Å². The quantitative estimate of drug-likeness (QED) is 0.791. The van der Waals surface area contributed by atoms with Crippen molar-refractivity contribution < 1.29 is 14.3 Å². The third-order valence-corrected chi connectivity index (χ3v) is 4.56. The summed E-state index contributed by atoms with van der Waals surface area (Å²) in [7, 11) is 0. The first-order valence-corrected chi connectivity index (χ1v) is 8.94. The summed E-state index contributed by atoms with van der Waals surface area (Å²) in [5.41, 5.74) is 1.15. The van der Waals surface area contributed by atoms with Gasteiger partial charge >= 0.3 is 0 Å². The maximum Gasteiger partial charge on any atom is 0.237 e. The van der Waals surface area contributed by atoms with Crippen LogP contribution in [0.2, 0.25) is 0 Å². The molecule has 6 heteroatoms. The van der Waals surface area contributed by atoms with Crippen LogP contribution in [0.25, 0.3) is 0 Å². The Kier molecular flexibility index (Phi) is 7.25. The van der Waals surface area contributed by atoms with Gasteiger partial charge in [0.05, 0.1) is 12.6 Å². The zero-order valence-corrected chi connectivity index (χ0v) is 15.5. The van der Waals surface area contributed by atoms with E-state index in [2.05, 4.69) is 10.2 Å². The smallest absolute Gasteiger partial charge is 0.237 e. The van der Waals surface area contributed by atoms with E-state index in [0.29, 0.717) is 19.7 Å². The van der Waals surface area contributed by atoms with Crippen LogP contribution in [0.15, 0.2) is 24.3 Å². The van der Waals surface area contributed by atoms with Crippen molar-refractivity contribution >= 4 is 11.8 Å². The lowest BCUT2D eigenvalue weighted by molar-refractivity contribution is -0.128. The zero-order chi connectivity index (χ0) is 18.2. The predicted molar refractivity (Wildman–Crippen MR) is 97.6 cm³/mol. The van der Waals surface area contributed by atoms with Crippen LogP contribution >= 0.6 is 0 Å². The number of aryl methyl sites for hydroxylation is 1. The lowest BCUT2D eigenvalue weighted by Gasteiger charge is -2.26. The van der Waals surface area contributed by atoms with Crippen LogP contribution in [0.1, 0.15) is 25.8 Å². The molecule has 6 nitrogen and oxygen atoms in total. The monoisotopic (exact) mass is 347 g/mol. The minimum absolute atomic E-state index is 0.00381. The van der Waals surface area contributed by atoms with Crippen molar-refractivity contribution in [3.63, 3.8) is 0 Å². The number of carbonyl (C=O) groups excluding carboxylic acids is 2. The molecule has 1 fully saturated rings. The van der Waals surface area contributed by atoms with Crippen LogP contribution in [0.5, 0.6) is 5.75 Å². The van der Waals surface area contributed by atoms with E-state index in [4.69, 9.17) is 4.74 Å². The molecule has 0 saturated carbocycles. The van der Waals surface area contributed by atoms with Crippen molar-refractivity contribution in [2.24, 2.45) is 0 Å². The fourth-order valence-electron chi connectivity index (χ4n) is 3.00. The van der Waals surface area contributed by atoms with E-state index >= 15 is 0 Å². The van der Waals surface area contributed by atoms with Crippen molar-refractivity contribution in [3.8, 4) is 5.75 Å². The highest BCUT2D eigenvalue weighted by atomic mass is 16.5. The fourth-order valence-corrected chi connectivity index (χ4v) is 3.00. The first-order valence-electron chi connectivity index (χ1n) is 8.94. The Labute approximate surface area is 150 Å². The molecule has 0 aliphatic carbocycles. The van der Waals surface area contributed by atoms with Gasteiger partial charge in [-0.15, -0.1) is 0 Å². The second-order valence-electron chi connectivity index (χ2n) is 6.53. The van der Waals surface area contributed by atoms with Crippen molar-refractivity contribution in [2.75, 3.05) is 39.3 Å². The van der Waals surface area contributed by atoms with Gasteiger partial charge in [-0.2, -0.15) is 0 Å². The molecule has 138 valence electrons. The second kappa shape index (κ2) is 9.42. The first-order chi connectivity index (χ1) is 12.0. The molecule has 2 amide bonds. The van der Waals surface area contributed by atoms with Crippen LogP contribution in [0.3, 0.4) is 0 Å². The van der Waals surface area contributed by atoms with Gasteiger partial charge in [-0.05, 0) is 38.0 Å². The van der Waals surface area contributed by atoms with Gasteiger partial charge in [-0.25, -0.2) is 0 Å². The van der Waals surface area contributed by atoms with E-state index in [1.807, 2.05) is 43.0 Å². The lowest BCUT2D eigenvalue weighted by atomic mass is 10.2. The molecule has 1 heterocycles. The third-order valence-electron chi connectivity index (χ3n) is 4.56. The second-order valence-corrected chi connectivity index (χ2v) is 6.53. The predicted octanol–water partition coefficient (Wildman–Crippen LogP) is 1.43. The zero-order valence-electron chi connectivity index (χ0n) is 15.5. The molecule has 1 N–H and O–H groups in total. The van der Waals surface area contributed by atoms with Gasteiger partial charge in [0.2, 0.25) is 11.8 Å². The van der Waals surface area contributed by atoms with Gasteiger partial charge in [-0.3, -0.25) is 14.5 Å². The molecule has 0 aromatic heterocycles.